The molecule has 10 nitrogen and oxygen atoms in total. The lowest BCUT2D eigenvalue weighted by Gasteiger charge is -2.36. The summed E-state index contributed by atoms with van der Waals surface area (Å²) in [5.41, 5.74) is 3.60. The number of urea groups is 1. The molecular formula is C33H32N4O6. The molecular weight excluding hydrogens is 548 g/mol. The number of H-pyrrole nitrogens is 1. The van der Waals surface area contributed by atoms with Gasteiger partial charge in [-0.3, -0.25) is 14.5 Å². The third-order valence-electron chi connectivity index (χ3n) is 8.16. The third-order valence-corrected chi connectivity index (χ3v) is 8.16. The number of carboxylic acid groups (broad SMARTS) is 1. The number of ether oxygens (including phenoxy) is 1. The van der Waals surface area contributed by atoms with Crippen LogP contribution in [-0.2, 0) is 16.0 Å². The first-order chi connectivity index (χ1) is 20.7. The number of carbonyl (C=O) groups is 4. The number of aromatic nitrogens is 1. The van der Waals surface area contributed by atoms with E-state index in [4.69, 9.17) is 4.74 Å². The SMILES string of the molecule is COc1cccc([C@H]2c3[nH]c4ccccc4c3C[C@H]3C(=O)N(c4ccccc4C(=O)N[C@H](CC(C)C)C(=O)O)C(=O)N23)c1. The van der Waals surface area contributed by atoms with Crippen LogP contribution in [0.2, 0.25) is 0 Å². The lowest BCUT2D eigenvalue weighted by Crippen LogP contribution is -2.44. The molecule has 0 radical (unpaired) electrons. The maximum absolute atomic E-state index is 14.3. The van der Waals surface area contributed by atoms with E-state index in [2.05, 4.69) is 10.3 Å². The molecule has 4 aromatic rings. The average molecular weight is 581 g/mol. The van der Waals surface area contributed by atoms with Crippen molar-refractivity contribution in [1.82, 2.24) is 15.2 Å². The summed E-state index contributed by atoms with van der Waals surface area (Å²) < 4.78 is 5.48. The Morgan fingerprint density at radius 2 is 1.79 bits per heavy atom. The number of nitrogens with one attached hydrogen (secondary N) is 2. The summed E-state index contributed by atoms with van der Waals surface area (Å²) in [4.78, 5) is 59.9. The van der Waals surface area contributed by atoms with Gasteiger partial charge in [-0.15, -0.1) is 0 Å². The first-order valence-corrected chi connectivity index (χ1v) is 14.2. The second kappa shape index (κ2) is 10.9. The van der Waals surface area contributed by atoms with Crippen LogP contribution >= 0.6 is 0 Å². The van der Waals surface area contributed by atoms with Crippen LogP contribution in [0.3, 0.4) is 0 Å². The first kappa shape index (κ1) is 28.0. The molecule has 4 amide bonds. The lowest BCUT2D eigenvalue weighted by atomic mass is 9.89. The zero-order valence-corrected chi connectivity index (χ0v) is 24.0. The molecule has 1 fully saturated rings. The Balaban J connectivity index is 1.43. The number of anilines is 1. The van der Waals surface area contributed by atoms with E-state index >= 15 is 0 Å². The van der Waals surface area contributed by atoms with Crippen molar-refractivity contribution in [3.63, 3.8) is 0 Å². The van der Waals surface area contributed by atoms with E-state index in [1.807, 2.05) is 62.4 Å². The third kappa shape index (κ3) is 4.78. The first-order valence-electron chi connectivity index (χ1n) is 14.2. The summed E-state index contributed by atoms with van der Waals surface area (Å²) in [6, 6.07) is 18.4. The van der Waals surface area contributed by atoms with Crippen molar-refractivity contribution in [3.8, 4) is 5.75 Å². The predicted octanol–water partition coefficient (Wildman–Crippen LogP) is 4.89. The van der Waals surface area contributed by atoms with E-state index in [0.717, 1.165) is 32.6 Å². The Morgan fingerprint density at radius 3 is 2.53 bits per heavy atom. The number of hydrogen-bond acceptors (Lipinski definition) is 5. The second-order valence-corrected chi connectivity index (χ2v) is 11.3. The van der Waals surface area contributed by atoms with Gasteiger partial charge in [0.15, 0.2) is 0 Å². The minimum absolute atomic E-state index is 0.0241. The number of amides is 4. The number of nitrogens with zero attached hydrogens (tertiary/aromatic N) is 2. The van der Waals surface area contributed by atoms with Crippen LogP contribution in [0, 0.1) is 5.92 Å². The van der Waals surface area contributed by atoms with Gasteiger partial charge in [0.2, 0.25) is 0 Å². The van der Waals surface area contributed by atoms with Gasteiger partial charge < -0.3 is 20.1 Å². The van der Waals surface area contributed by atoms with Crippen molar-refractivity contribution in [1.29, 1.82) is 0 Å². The molecule has 2 aliphatic rings. The molecule has 3 heterocycles. The standard InChI is InChI=1S/C33H32N4O6/c1-18(2)15-25(32(40)41)35-30(38)22-12-5-7-14-26(22)37-31(39)27-17-23-21-11-4-6-13-24(21)34-28(23)29(36(27)33(37)42)19-9-8-10-20(16-19)43-3/h4-14,16,18,25,27,29,34H,15,17H2,1-3H3,(H,35,38)(H,40,41)/t25-,27+,29+/m1/s1. The summed E-state index contributed by atoms with van der Waals surface area (Å²) in [5, 5.41) is 13.2. The number of imide groups is 1. The van der Waals surface area contributed by atoms with E-state index in [9.17, 15) is 24.3 Å². The molecule has 3 N–H and O–H groups in total. The van der Waals surface area contributed by atoms with Crippen LogP contribution in [-0.4, -0.2) is 58.0 Å². The lowest BCUT2D eigenvalue weighted by molar-refractivity contribution is -0.139. The van der Waals surface area contributed by atoms with Crippen LogP contribution in [0.15, 0.2) is 72.8 Å². The fraction of sp³-hybridized carbons (Fsp3) is 0.273. The van der Waals surface area contributed by atoms with Gasteiger partial charge in [-0.2, -0.15) is 0 Å². The molecule has 6 rings (SSSR count). The summed E-state index contributed by atoms with van der Waals surface area (Å²) in [6.45, 7) is 3.73. The highest BCUT2D eigenvalue weighted by molar-refractivity contribution is 6.24. The summed E-state index contributed by atoms with van der Waals surface area (Å²) in [5.74, 6) is -1.64. The van der Waals surface area contributed by atoms with Crippen LogP contribution in [0.5, 0.6) is 5.75 Å². The highest BCUT2D eigenvalue weighted by atomic mass is 16.5. The minimum Gasteiger partial charge on any atom is -0.497 e. The smallest absolute Gasteiger partial charge is 0.332 e. The van der Waals surface area contributed by atoms with Gasteiger partial charge in [0.1, 0.15) is 23.9 Å². The summed E-state index contributed by atoms with van der Waals surface area (Å²) >= 11 is 0. The zero-order chi connectivity index (χ0) is 30.4. The molecule has 0 spiro atoms. The molecule has 1 saturated heterocycles. The molecule has 0 saturated carbocycles. The summed E-state index contributed by atoms with van der Waals surface area (Å²) in [6.07, 6.45) is 0.527. The average Bonchev–Trinajstić information content (AvgIpc) is 3.49. The Hall–Kier alpha value is -5.12. The largest absolute Gasteiger partial charge is 0.497 e. The molecule has 43 heavy (non-hydrogen) atoms. The molecule has 0 unspecified atom stereocenters. The molecule has 0 bridgehead atoms. The van der Waals surface area contributed by atoms with Crippen LogP contribution in [0.4, 0.5) is 10.5 Å². The van der Waals surface area contributed by atoms with Crippen molar-refractivity contribution in [2.75, 3.05) is 12.0 Å². The van der Waals surface area contributed by atoms with Gasteiger partial charge in [-0.05, 0) is 53.8 Å². The maximum Gasteiger partial charge on any atom is 0.332 e. The summed E-state index contributed by atoms with van der Waals surface area (Å²) in [7, 11) is 1.57. The Bertz CT molecular complexity index is 1760. The fourth-order valence-corrected chi connectivity index (χ4v) is 6.24. The molecule has 3 atom stereocenters. The second-order valence-electron chi connectivity index (χ2n) is 11.3. The van der Waals surface area contributed by atoms with Crippen LogP contribution in [0.25, 0.3) is 10.9 Å². The van der Waals surface area contributed by atoms with E-state index in [-0.39, 0.29) is 23.6 Å². The number of hydrogen-bond donors (Lipinski definition) is 3. The number of benzene rings is 3. The highest BCUT2D eigenvalue weighted by Gasteiger charge is 2.53. The molecule has 2 aliphatic heterocycles. The molecule has 3 aromatic carbocycles. The Morgan fingerprint density at radius 1 is 1.05 bits per heavy atom. The van der Waals surface area contributed by atoms with Crippen molar-refractivity contribution in [3.05, 3.63) is 95.2 Å². The van der Waals surface area contributed by atoms with Crippen molar-refractivity contribution >= 4 is 40.4 Å². The number of para-hydroxylation sites is 2. The number of carboxylic acids is 1. The number of aromatic amines is 1. The van der Waals surface area contributed by atoms with Crippen molar-refractivity contribution < 1.29 is 29.0 Å². The van der Waals surface area contributed by atoms with E-state index in [1.165, 1.54) is 12.1 Å². The number of rotatable bonds is 8. The minimum atomic E-state index is -1.15. The van der Waals surface area contributed by atoms with Crippen molar-refractivity contribution in [2.24, 2.45) is 5.92 Å². The highest BCUT2D eigenvalue weighted by Crippen LogP contribution is 2.45. The maximum atomic E-state index is 14.3. The van der Waals surface area contributed by atoms with E-state index in [1.54, 1.807) is 24.1 Å². The fourth-order valence-electron chi connectivity index (χ4n) is 6.24. The van der Waals surface area contributed by atoms with Crippen LogP contribution in [0.1, 0.15) is 53.5 Å². The predicted molar refractivity (Wildman–Crippen MR) is 160 cm³/mol. The number of carbonyl (C=O) groups excluding carboxylic acids is 3. The Labute approximate surface area is 248 Å². The molecule has 220 valence electrons. The van der Waals surface area contributed by atoms with Gasteiger partial charge in [-0.25, -0.2) is 14.5 Å². The van der Waals surface area contributed by atoms with Gasteiger partial charge in [-0.1, -0.05) is 56.3 Å². The quantitative estimate of drug-likeness (QED) is 0.254. The topological polar surface area (TPSA) is 132 Å². The van der Waals surface area contributed by atoms with Gasteiger partial charge in [0.05, 0.1) is 18.4 Å². The number of methoxy groups -OCH3 is 1. The van der Waals surface area contributed by atoms with Crippen molar-refractivity contribution in [2.45, 2.75) is 44.8 Å². The number of fused-ring (bicyclic) bond motifs is 4. The van der Waals surface area contributed by atoms with Gasteiger partial charge in [0.25, 0.3) is 11.8 Å². The zero-order valence-electron chi connectivity index (χ0n) is 24.0. The van der Waals surface area contributed by atoms with Gasteiger partial charge >= 0.3 is 12.0 Å². The van der Waals surface area contributed by atoms with E-state index in [0.29, 0.717) is 12.2 Å². The van der Waals surface area contributed by atoms with E-state index < -0.39 is 41.9 Å². The molecule has 1 aromatic heterocycles. The monoisotopic (exact) mass is 580 g/mol. The normalized spacial score (nSPS) is 18.5. The molecule has 0 aliphatic carbocycles. The number of aliphatic carboxylic acids is 1. The Kier molecular flexibility index (Phi) is 7.13. The van der Waals surface area contributed by atoms with Crippen LogP contribution < -0.4 is 15.0 Å². The van der Waals surface area contributed by atoms with Gasteiger partial charge in [0, 0.05) is 23.0 Å². The molecule has 10 heteroatoms.